The fraction of sp³-hybridized carbons (Fsp3) is 0.0175. The summed E-state index contributed by atoms with van der Waals surface area (Å²) in [7, 11) is 0. The third-order valence-corrected chi connectivity index (χ3v) is 12.1. The summed E-state index contributed by atoms with van der Waals surface area (Å²) in [6.07, 6.45) is -0.248. The molecule has 0 spiro atoms. The van der Waals surface area contributed by atoms with Crippen molar-refractivity contribution in [3.05, 3.63) is 235 Å². The van der Waals surface area contributed by atoms with Crippen molar-refractivity contribution in [3.63, 3.8) is 0 Å². The van der Waals surface area contributed by atoms with Crippen LogP contribution in [0.2, 0.25) is 0 Å². The second-order valence-corrected chi connectivity index (χ2v) is 15.8. The van der Waals surface area contributed by atoms with Crippen LogP contribution in [0.5, 0.6) is 0 Å². The molecule has 5 nitrogen and oxygen atoms in total. The molecule has 3 heterocycles. The average Bonchev–Trinajstić information content (AvgIpc) is 3.90. The van der Waals surface area contributed by atoms with Gasteiger partial charge >= 0.3 is 0 Å². The number of hydrogen-bond acceptors (Lipinski definition) is 4. The maximum atomic E-state index is 6.66. The number of nitrogens with one attached hydrogen (secondary N) is 1. The van der Waals surface area contributed by atoms with Gasteiger partial charge in [-0.25, -0.2) is 9.98 Å². The molecule has 0 radical (unpaired) electrons. The SMILES string of the molecule is c1ccc(C2=NC(c3ccc(-c4ccc5c(c4)oc4cccc(-c6ccccc6-c6ccc7c8ccccc8n(-c8ccccc8)c7c6)c45)cc3)=NC(c3ccccc3)N2)cc1. The van der Waals surface area contributed by atoms with Gasteiger partial charge in [0.1, 0.15) is 23.2 Å². The first-order valence-corrected chi connectivity index (χ1v) is 21.0. The monoisotopic (exact) mass is 794 g/mol. The summed E-state index contributed by atoms with van der Waals surface area (Å²) in [5, 5.41) is 8.23. The summed E-state index contributed by atoms with van der Waals surface area (Å²) in [5.41, 5.74) is 15.1. The fourth-order valence-electron chi connectivity index (χ4n) is 9.13. The Morgan fingerprint density at radius 1 is 0.419 bits per heavy atom. The van der Waals surface area contributed by atoms with Gasteiger partial charge in [-0.15, -0.1) is 0 Å². The van der Waals surface area contributed by atoms with E-state index in [-0.39, 0.29) is 6.17 Å². The van der Waals surface area contributed by atoms with Gasteiger partial charge in [-0.05, 0) is 81.4 Å². The lowest BCUT2D eigenvalue weighted by atomic mass is 9.91. The Bertz CT molecular complexity index is 3530. The van der Waals surface area contributed by atoms with Crippen LogP contribution in [-0.4, -0.2) is 16.2 Å². The van der Waals surface area contributed by atoms with E-state index in [0.717, 1.165) is 78.0 Å². The number of nitrogens with zero attached hydrogens (tertiary/aromatic N) is 3. The Balaban J connectivity index is 0.912. The summed E-state index contributed by atoms with van der Waals surface area (Å²) < 4.78 is 9.04. The second kappa shape index (κ2) is 14.8. The molecule has 0 bridgehead atoms. The van der Waals surface area contributed by atoms with E-state index < -0.39 is 0 Å². The average molecular weight is 795 g/mol. The first-order valence-electron chi connectivity index (χ1n) is 21.0. The summed E-state index contributed by atoms with van der Waals surface area (Å²) >= 11 is 0. The van der Waals surface area contributed by atoms with Gasteiger partial charge < -0.3 is 14.3 Å². The normalized spacial score (nSPS) is 14.0. The molecule has 1 aliphatic heterocycles. The van der Waals surface area contributed by atoms with E-state index >= 15 is 0 Å². The maximum Gasteiger partial charge on any atom is 0.159 e. The van der Waals surface area contributed by atoms with Crippen LogP contribution in [0.15, 0.2) is 233 Å². The van der Waals surface area contributed by atoms with Gasteiger partial charge in [-0.1, -0.05) is 176 Å². The molecule has 1 atom stereocenters. The number of aliphatic imine (C=N–C) groups is 2. The van der Waals surface area contributed by atoms with Gasteiger partial charge in [0.05, 0.1) is 11.0 Å². The molecular weight excluding hydrogens is 757 g/mol. The quantitative estimate of drug-likeness (QED) is 0.175. The molecule has 2 aromatic heterocycles. The van der Waals surface area contributed by atoms with Crippen molar-refractivity contribution in [1.82, 2.24) is 9.88 Å². The highest BCUT2D eigenvalue weighted by Gasteiger charge is 2.22. The summed E-state index contributed by atoms with van der Waals surface area (Å²) in [6, 6.07) is 77.0. The lowest BCUT2D eigenvalue weighted by molar-refractivity contribution is 0.669. The number of fused-ring (bicyclic) bond motifs is 6. The van der Waals surface area contributed by atoms with E-state index in [0.29, 0.717) is 5.84 Å². The Morgan fingerprint density at radius 3 is 1.87 bits per heavy atom. The van der Waals surface area contributed by atoms with Crippen molar-refractivity contribution in [3.8, 4) is 39.1 Å². The molecule has 0 saturated heterocycles. The minimum atomic E-state index is -0.248. The molecule has 5 heteroatoms. The van der Waals surface area contributed by atoms with Gasteiger partial charge in [0.25, 0.3) is 0 Å². The number of amidine groups is 2. The van der Waals surface area contributed by atoms with Crippen LogP contribution in [0.1, 0.15) is 22.9 Å². The van der Waals surface area contributed by atoms with E-state index in [1.807, 2.05) is 36.4 Å². The van der Waals surface area contributed by atoms with E-state index in [2.05, 4.69) is 192 Å². The Morgan fingerprint density at radius 2 is 1.05 bits per heavy atom. The van der Waals surface area contributed by atoms with Gasteiger partial charge in [0.15, 0.2) is 5.84 Å². The number of para-hydroxylation sites is 2. The molecule has 12 rings (SSSR count). The molecule has 0 aliphatic carbocycles. The number of rotatable bonds is 7. The highest BCUT2D eigenvalue weighted by Crippen LogP contribution is 2.43. The van der Waals surface area contributed by atoms with Crippen LogP contribution in [0, 0.1) is 0 Å². The largest absolute Gasteiger partial charge is 0.456 e. The van der Waals surface area contributed by atoms with Crippen LogP contribution in [0.3, 0.4) is 0 Å². The molecule has 0 saturated carbocycles. The first-order chi connectivity index (χ1) is 30.7. The van der Waals surface area contributed by atoms with Crippen LogP contribution in [0.4, 0.5) is 0 Å². The maximum absolute atomic E-state index is 6.66. The molecule has 0 fully saturated rings. The van der Waals surface area contributed by atoms with Gasteiger partial charge in [0, 0.05) is 38.4 Å². The zero-order valence-electron chi connectivity index (χ0n) is 33.6. The predicted octanol–water partition coefficient (Wildman–Crippen LogP) is 14.2. The number of hydrogen-bond donors (Lipinski definition) is 1. The standard InChI is InChI=1S/C57H38N4O/c1-4-15-38(16-5-1)55-58-56(39-17-6-2-7-18-39)60-57(59-55)40-29-27-37(28-30-40)41-31-34-49-53(36-41)62-52-26-14-24-48(54(49)52)45-22-11-10-21-44(45)42-32-33-47-46-23-12-13-25-50(46)61(51(47)35-42)43-19-8-3-9-20-43/h1-36,55H,(H,58,59,60). The third kappa shape index (κ3) is 6.10. The highest BCUT2D eigenvalue weighted by molar-refractivity contribution is 6.16. The number of furan rings is 1. The Hall–Kier alpha value is -8.28. The zero-order chi connectivity index (χ0) is 41.0. The number of aromatic nitrogens is 1. The molecule has 292 valence electrons. The van der Waals surface area contributed by atoms with Crippen LogP contribution in [-0.2, 0) is 0 Å². The molecule has 1 aliphatic rings. The van der Waals surface area contributed by atoms with Crippen molar-refractivity contribution < 1.29 is 4.42 Å². The fourth-order valence-corrected chi connectivity index (χ4v) is 9.13. The minimum Gasteiger partial charge on any atom is -0.456 e. The molecule has 0 amide bonds. The van der Waals surface area contributed by atoms with E-state index in [4.69, 9.17) is 14.4 Å². The molecule has 11 aromatic rings. The van der Waals surface area contributed by atoms with E-state index in [1.165, 1.54) is 27.4 Å². The topological polar surface area (TPSA) is 54.8 Å². The van der Waals surface area contributed by atoms with E-state index in [9.17, 15) is 0 Å². The van der Waals surface area contributed by atoms with Crippen molar-refractivity contribution in [1.29, 1.82) is 0 Å². The Kier molecular flexibility index (Phi) is 8.49. The summed E-state index contributed by atoms with van der Waals surface area (Å²) in [4.78, 5) is 10.1. The van der Waals surface area contributed by atoms with Crippen molar-refractivity contribution in [2.45, 2.75) is 6.17 Å². The van der Waals surface area contributed by atoms with Crippen LogP contribution in [0.25, 0.3) is 82.8 Å². The van der Waals surface area contributed by atoms with Crippen molar-refractivity contribution in [2.75, 3.05) is 0 Å². The first kappa shape index (κ1) is 35.6. The van der Waals surface area contributed by atoms with Crippen molar-refractivity contribution in [2.24, 2.45) is 9.98 Å². The van der Waals surface area contributed by atoms with Gasteiger partial charge in [-0.3, -0.25) is 0 Å². The number of benzene rings is 9. The highest BCUT2D eigenvalue weighted by atomic mass is 16.3. The third-order valence-electron chi connectivity index (χ3n) is 12.1. The van der Waals surface area contributed by atoms with Gasteiger partial charge in [0.2, 0.25) is 0 Å². The summed E-state index contributed by atoms with van der Waals surface area (Å²) in [6.45, 7) is 0. The summed E-state index contributed by atoms with van der Waals surface area (Å²) in [5.74, 6) is 1.50. The molecule has 1 N–H and O–H groups in total. The van der Waals surface area contributed by atoms with E-state index in [1.54, 1.807) is 0 Å². The molecule has 9 aromatic carbocycles. The lowest BCUT2D eigenvalue weighted by Crippen LogP contribution is -2.33. The second-order valence-electron chi connectivity index (χ2n) is 15.8. The minimum absolute atomic E-state index is 0.248. The molecule has 62 heavy (non-hydrogen) atoms. The smallest absolute Gasteiger partial charge is 0.159 e. The van der Waals surface area contributed by atoms with Crippen LogP contribution < -0.4 is 5.32 Å². The zero-order valence-corrected chi connectivity index (χ0v) is 33.6. The Labute approximate surface area is 358 Å². The molecule has 1 unspecified atom stereocenters. The van der Waals surface area contributed by atoms with Crippen molar-refractivity contribution >= 4 is 55.4 Å². The lowest BCUT2D eigenvalue weighted by Gasteiger charge is -2.23. The van der Waals surface area contributed by atoms with Crippen LogP contribution >= 0.6 is 0 Å². The predicted molar refractivity (Wildman–Crippen MR) is 256 cm³/mol. The van der Waals surface area contributed by atoms with Gasteiger partial charge in [-0.2, -0.15) is 0 Å². The molecular formula is C57H38N4O.